The molecule has 4 nitrogen and oxygen atoms in total. The van der Waals surface area contributed by atoms with Crippen molar-refractivity contribution in [1.29, 1.82) is 0 Å². The van der Waals surface area contributed by atoms with Gasteiger partial charge in [0.25, 0.3) is 0 Å². The topological polar surface area (TPSA) is 51.8 Å². The van der Waals surface area contributed by atoms with Gasteiger partial charge in [-0.3, -0.25) is 0 Å². The maximum atomic E-state index is 6.64. The van der Waals surface area contributed by atoms with Gasteiger partial charge in [-0.05, 0) is 102 Å². The molecule has 4 fully saturated rings. The van der Waals surface area contributed by atoms with Gasteiger partial charge in [0.05, 0.1) is 0 Å². The van der Waals surface area contributed by atoms with Crippen molar-refractivity contribution < 1.29 is 4.42 Å². The Morgan fingerprint density at radius 3 is 1.57 bits per heavy atom. The van der Waals surface area contributed by atoms with Crippen LogP contribution in [0.3, 0.4) is 0 Å². The Morgan fingerprint density at radius 2 is 0.925 bits per heavy atom. The van der Waals surface area contributed by atoms with E-state index in [1.54, 1.807) is 0 Å². The maximum Gasteiger partial charge on any atom is 0.164 e. The van der Waals surface area contributed by atoms with Crippen molar-refractivity contribution in [2.45, 2.75) is 43.9 Å². The molecule has 0 N–H and O–H groups in total. The van der Waals surface area contributed by atoms with Gasteiger partial charge in [0, 0.05) is 33.0 Å². The molecule has 2 heterocycles. The summed E-state index contributed by atoms with van der Waals surface area (Å²) in [5, 5.41) is 2.15. The second-order valence-corrected chi connectivity index (χ2v) is 15.9. The third-order valence-electron chi connectivity index (χ3n) is 12.5. The second kappa shape index (κ2) is 12.1. The van der Waals surface area contributed by atoms with Gasteiger partial charge in [-0.15, -0.1) is 0 Å². The minimum atomic E-state index is 0.359. The van der Waals surface area contributed by atoms with Crippen LogP contribution in [0, 0.1) is 17.8 Å². The molecular weight excluding hydrogens is 647 g/mol. The Hall–Kier alpha value is -5.87. The van der Waals surface area contributed by atoms with Gasteiger partial charge < -0.3 is 4.42 Å². The molecule has 0 aliphatic heterocycles. The van der Waals surface area contributed by atoms with Gasteiger partial charge in [0.2, 0.25) is 0 Å². The highest BCUT2D eigenvalue weighted by Crippen LogP contribution is 2.60. The zero-order valence-corrected chi connectivity index (χ0v) is 29.6. The summed E-state index contributed by atoms with van der Waals surface area (Å²) in [5.41, 5.74) is 11.0. The molecule has 8 aromatic rings. The lowest BCUT2D eigenvalue weighted by atomic mass is 9.48. The Morgan fingerprint density at radius 1 is 0.434 bits per heavy atom. The first-order valence-electron chi connectivity index (χ1n) is 19.2. The van der Waals surface area contributed by atoms with E-state index in [0.717, 1.165) is 73.1 Å². The lowest BCUT2D eigenvalue weighted by Gasteiger charge is -2.57. The monoisotopic (exact) mass is 685 g/mol. The first-order valence-corrected chi connectivity index (χ1v) is 19.2. The number of hydrogen-bond acceptors (Lipinski definition) is 4. The average Bonchev–Trinajstić information content (AvgIpc) is 3.59. The van der Waals surface area contributed by atoms with E-state index < -0.39 is 0 Å². The predicted octanol–water partition coefficient (Wildman–Crippen LogP) is 12.6. The normalized spacial score (nSPS) is 21.8. The summed E-state index contributed by atoms with van der Waals surface area (Å²) in [5.74, 6) is 4.69. The predicted molar refractivity (Wildman–Crippen MR) is 214 cm³/mol. The number of fused-ring (bicyclic) bond motifs is 3. The standard InChI is InChI=1S/C49H39N3O/c1-3-9-34(10-4-1)35-15-17-38(18-16-35)47-50-46(37-11-5-2-6-12-37)51-48(52-47)39-26-42(45-43(27-39)41-13-7-8-14-44(41)53-45)36-19-21-40(22-20-36)49-28-31-23-32(29-49)25-33(24-31)30-49/h1-22,26-27,31-33H,23-25,28-30H2. The summed E-state index contributed by atoms with van der Waals surface area (Å²) in [6.07, 6.45) is 8.46. The first-order chi connectivity index (χ1) is 26.1. The number of benzene rings is 6. The number of para-hydroxylation sites is 1. The van der Waals surface area contributed by atoms with Crippen molar-refractivity contribution >= 4 is 21.9 Å². The van der Waals surface area contributed by atoms with E-state index in [-0.39, 0.29) is 0 Å². The minimum absolute atomic E-state index is 0.359. The average molecular weight is 686 g/mol. The van der Waals surface area contributed by atoms with Gasteiger partial charge in [-0.25, -0.2) is 15.0 Å². The fourth-order valence-electron chi connectivity index (χ4n) is 10.4. The summed E-state index contributed by atoms with van der Waals surface area (Å²) in [6.45, 7) is 0. The van der Waals surface area contributed by atoms with Crippen molar-refractivity contribution in [2.24, 2.45) is 17.8 Å². The van der Waals surface area contributed by atoms with Crippen LogP contribution in [0.25, 0.3) is 78.4 Å². The highest BCUT2D eigenvalue weighted by Gasteiger charge is 2.51. The Bertz CT molecular complexity index is 2590. The Labute approximate surface area is 309 Å². The quantitative estimate of drug-likeness (QED) is 0.175. The molecule has 4 aliphatic rings. The summed E-state index contributed by atoms with van der Waals surface area (Å²) >= 11 is 0. The van der Waals surface area contributed by atoms with Gasteiger partial charge in [0.1, 0.15) is 11.2 Å². The van der Waals surface area contributed by atoms with Crippen LogP contribution < -0.4 is 0 Å². The van der Waals surface area contributed by atoms with Crippen molar-refractivity contribution in [3.8, 4) is 56.4 Å². The smallest absolute Gasteiger partial charge is 0.164 e. The van der Waals surface area contributed by atoms with Gasteiger partial charge >= 0.3 is 0 Å². The molecule has 0 amide bonds. The molecule has 2 aromatic heterocycles. The molecule has 0 unspecified atom stereocenters. The molecule has 4 aliphatic carbocycles. The Balaban J connectivity index is 1.05. The summed E-state index contributed by atoms with van der Waals surface area (Å²) < 4.78 is 6.64. The van der Waals surface area contributed by atoms with Crippen molar-refractivity contribution in [3.63, 3.8) is 0 Å². The van der Waals surface area contributed by atoms with Crippen molar-refractivity contribution in [1.82, 2.24) is 15.0 Å². The van der Waals surface area contributed by atoms with E-state index in [1.165, 1.54) is 49.7 Å². The first kappa shape index (κ1) is 30.7. The summed E-state index contributed by atoms with van der Waals surface area (Å²) in [6, 6.07) is 51.4. The van der Waals surface area contributed by atoms with Crippen LogP contribution in [0.4, 0.5) is 0 Å². The van der Waals surface area contributed by atoms with Crippen LogP contribution in [0.15, 0.2) is 150 Å². The molecule has 53 heavy (non-hydrogen) atoms. The van der Waals surface area contributed by atoms with E-state index in [2.05, 4.69) is 115 Å². The van der Waals surface area contributed by atoms with Crippen molar-refractivity contribution in [3.05, 3.63) is 151 Å². The van der Waals surface area contributed by atoms with E-state index in [1.807, 2.05) is 30.3 Å². The lowest BCUT2D eigenvalue weighted by Crippen LogP contribution is -2.48. The molecule has 0 spiro atoms. The zero-order chi connectivity index (χ0) is 34.9. The Kier molecular flexibility index (Phi) is 7.01. The second-order valence-electron chi connectivity index (χ2n) is 15.9. The van der Waals surface area contributed by atoms with E-state index in [4.69, 9.17) is 19.4 Å². The molecule has 0 atom stereocenters. The molecule has 4 bridgehead atoms. The molecule has 12 rings (SSSR count). The van der Waals surface area contributed by atoms with Gasteiger partial charge in [-0.1, -0.05) is 127 Å². The summed E-state index contributed by atoms with van der Waals surface area (Å²) in [4.78, 5) is 15.3. The summed E-state index contributed by atoms with van der Waals surface area (Å²) in [7, 11) is 0. The third-order valence-corrected chi connectivity index (χ3v) is 12.5. The maximum absolute atomic E-state index is 6.64. The van der Waals surface area contributed by atoms with E-state index in [0.29, 0.717) is 22.9 Å². The van der Waals surface area contributed by atoms with Crippen LogP contribution >= 0.6 is 0 Å². The molecule has 256 valence electrons. The highest BCUT2D eigenvalue weighted by molar-refractivity contribution is 6.11. The third kappa shape index (κ3) is 5.31. The molecule has 0 radical (unpaired) electrons. The lowest BCUT2D eigenvalue weighted by molar-refractivity contribution is -0.00518. The fourth-order valence-corrected chi connectivity index (χ4v) is 10.4. The number of furan rings is 1. The van der Waals surface area contributed by atoms with E-state index in [9.17, 15) is 0 Å². The zero-order valence-electron chi connectivity index (χ0n) is 29.6. The molecular formula is C49H39N3O. The molecule has 4 heteroatoms. The largest absolute Gasteiger partial charge is 0.455 e. The number of hydrogen-bond donors (Lipinski definition) is 0. The molecule has 4 saturated carbocycles. The van der Waals surface area contributed by atoms with Crippen LogP contribution in [-0.4, -0.2) is 15.0 Å². The number of aromatic nitrogens is 3. The number of rotatable bonds is 6. The van der Waals surface area contributed by atoms with E-state index >= 15 is 0 Å². The van der Waals surface area contributed by atoms with Crippen LogP contribution in [0.1, 0.15) is 44.1 Å². The molecule has 0 saturated heterocycles. The van der Waals surface area contributed by atoms with Crippen LogP contribution in [0.5, 0.6) is 0 Å². The fraction of sp³-hybridized carbons (Fsp3) is 0.204. The van der Waals surface area contributed by atoms with Crippen molar-refractivity contribution in [2.75, 3.05) is 0 Å². The van der Waals surface area contributed by atoms with Gasteiger partial charge in [-0.2, -0.15) is 0 Å². The van der Waals surface area contributed by atoms with Crippen LogP contribution in [-0.2, 0) is 5.41 Å². The van der Waals surface area contributed by atoms with Crippen LogP contribution in [0.2, 0.25) is 0 Å². The number of nitrogens with zero attached hydrogens (tertiary/aromatic N) is 3. The van der Waals surface area contributed by atoms with Gasteiger partial charge in [0.15, 0.2) is 17.5 Å². The SMILES string of the molecule is c1ccc(-c2ccc(-c3nc(-c4ccccc4)nc(-c4cc(-c5ccc(C67CC8CC(CC(C8)C6)C7)cc5)c5oc6ccccc6c5c4)n3)cc2)cc1. The highest BCUT2D eigenvalue weighted by atomic mass is 16.3. The minimum Gasteiger partial charge on any atom is -0.455 e. The molecule has 6 aromatic carbocycles.